The fourth-order valence-corrected chi connectivity index (χ4v) is 2.39. The third kappa shape index (κ3) is 3.70. The summed E-state index contributed by atoms with van der Waals surface area (Å²) in [5.74, 6) is 0.922. The lowest BCUT2D eigenvalue weighted by molar-refractivity contribution is -0.402. The monoisotopic (exact) mass is 288 g/mol. The van der Waals surface area contributed by atoms with Gasteiger partial charge in [0.25, 0.3) is 0 Å². The molecule has 0 aliphatic rings. The molecular weight excluding hydrogens is 268 g/mol. The molecule has 2 rings (SSSR count). The van der Waals surface area contributed by atoms with Crippen LogP contribution in [0.5, 0.6) is 0 Å². The van der Waals surface area contributed by atoms with Gasteiger partial charge in [0.15, 0.2) is 0 Å². The Morgan fingerprint density at radius 3 is 2.33 bits per heavy atom. The molecule has 1 unspecified atom stereocenters. The normalized spacial score (nSPS) is 12.6. The van der Waals surface area contributed by atoms with Crippen molar-refractivity contribution in [2.75, 3.05) is 7.05 Å². The lowest BCUT2D eigenvalue weighted by atomic mass is 9.98. The number of benzene rings is 1. The Morgan fingerprint density at radius 1 is 1.19 bits per heavy atom. The average molecular weight is 288 g/mol. The minimum Gasteiger partial charge on any atom is -0.404 e. The van der Waals surface area contributed by atoms with E-state index in [0.717, 1.165) is 12.0 Å². The summed E-state index contributed by atoms with van der Waals surface area (Å²) in [7, 11) is 1.81. The van der Waals surface area contributed by atoms with Crippen molar-refractivity contribution >= 4 is 5.88 Å². The van der Waals surface area contributed by atoms with E-state index in [4.69, 9.17) is 4.42 Å². The topological polar surface area (TPSA) is 68.3 Å². The molecule has 21 heavy (non-hydrogen) atoms. The second-order valence-corrected chi connectivity index (χ2v) is 5.49. The third-order valence-corrected chi connectivity index (χ3v) is 3.32. The lowest BCUT2D eigenvalue weighted by Gasteiger charge is -2.14. The minimum atomic E-state index is -0.526. The summed E-state index contributed by atoms with van der Waals surface area (Å²) in [6.07, 6.45) is 1.04. The average Bonchev–Trinajstić information content (AvgIpc) is 2.91. The second kappa shape index (κ2) is 6.54. The zero-order valence-electron chi connectivity index (χ0n) is 12.5. The molecule has 2 aromatic rings. The first-order valence-corrected chi connectivity index (χ1v) is 7.01. The highest BCUT2D eigenvalue weighted by Gasteiger charge is 2.20. The molecule has 0 aliphatic carbocycles. The molecule has 5 nitrogen and oxygen atoms in total. The van der Waals surface area contributed by atoms with Crippen LogP contribution in [0.15, 0.2) is 40.8 Å². The lowest BCUT2D eigenvalue weighted by Crippen LogP contribution is -2.17. The molecule has 0 spiro atoms. The minimum absolute atomic E-state index is 0.188. The molecule has 0 radical (unpaired) electrons. The van der Waals surface area contributed by atoms with Crippen LogP contribution in [0.3, 0.4) is 0 Å². The molecule has 0 fully saturated rings. The first kappa shape index (κ1) is 15.3. The van der Waals surface area contributed by atoms with Crippen LogP contribution in [-0.2, 0) is 6.42 Å². The van der Waals surface area contributed by atoms with Gasteiger partial charge in [0.05, 0.1) is 12.1 Å². The number of nitrogens with one attached hydrogen (secondary N) is 1. The standard InChI is InChI=1S/C16H20N2O3/c1-11(2)10-12-4-6-13(7-5-12)16(17-3)14-8-9-15(21-14)18(19)20/h4-9,11,16-17H,10H2,1-3H3. The summed E-state index contributed by atoms with van der Waals surface area (Å²) in [5, 5.41) is 13.8. The maximum atomic E-state index is 10.7. The molecule has 5 heteroatoms. The first-order valence-electron chi connectivity index (χ1n) is 7.01. The third-order valence-electron chi connectivity index (χ3n) is 3.32. The Kier molecular flexibility index (Phi) is 4.75. The second-order valence-electron chi connectivity index (χ2n) is 5.49. The van der Waals surface area contributed by atoms with Crippen LogP contribution in [0.4, 0.5) is 5.88 Å². The number of nitro groups is 1. The highest BCUT2D eigenvalue weighted by atomic mass is 16.6. The van der Waals surface area contributed by atoms with Gasteiger partial charge in [-0.2, -0.15) is 0 Å². The van der Waals surface area contributed by atoms with Crippen LogP contribution in [0.25, 0.3) is 0 Å². The quantitative estimate of drug-likeness (QED) is 0.650. The molecule has 0 bridgehead atoms. The first-order chi connectivity index (χ1) is 10.0. The molecule has 1 aromatic heterocycles. The van der Waals surface area contributed by atoms with Crippen LogP contribution in [0, 0.1) is 16.0 Å². The van der Waals surface area contributed by atoms with Crippen molar-refractivity contribution < 1.29 is 9.34 Å². The van der Waals surface area contributed by atoms with E-state index < -0.39 is 4.92 Å². The van der Waals surface area contributed by atoms with Gasteiger partial charge in [-0.3, -0.25) is 10.1 Å². The van der Waals surface area contributed by atoms with Gasteiger partial charge in [0, 0.05) is 0 Å². The van der Waals surface area contributed by atoms with Crippen molar-refractivity contribution in [3.63, 3.8) is 0 Å². The maximum Gasteiger partial charge on any atom is 0.433 e. The number of furan rings is 1. The van der Waals surface area contributed by atoms with Crippen LogP contribution >= 0.6 is 0 Å². The van der Waals surface area contributed by atoms with Gasteiger partial charge in [-0.25, -0.2) is 0 Å². The maximum absolute atomic E-state index is 10.7. The van der Waals surface area contributed by atoms with Crippen molar-refractivity contribution in [3.8, 4) is 0 Å². The van der Waals surface area contributed by atoms with Gasteiger partial charge in [-0.05, 0) is 36.6 Å². The van der Waals surface area contributed by atoms with Crippen LogP contribution in [0.2, 0.25) is 0 Å². The summed E-state index contributed by atoms with van der Waals surface area (Å²) >= 11 is 0. The smallest absolute Gasteiger partial charge is 0.404 e. The summed E-state index contributed by atoms with van der Waals surface area (Å²) in [6, 6.07) is 11.1. The molecule has 1 N–H and O–H groups in total. The van der Waals surface area contributed by atoms with E-state index in [2.05, 4.69) is 31.3 Å². The van der Waals surface area contributed by atoms with E-state index >= 15 is 0 Å². The Morgan fingerprint density at radius 2 is 1.86 bits per heavy atom. The number of rotatable bonds is 6. The highest BCUT2D eigenvalue weighted by Crippen LogP contribution is 2.27. The van der Waals surface area contributed by atoms with E-state index in [1.165, 1.54) is 11.6 Å². The molecule has 0 aliphatic heterocycles. The van der Waals surface area contributed by atoms with Crippen LogP contribution < -0.4 is 5.32 Å². The predicted octanol–water partition coefficient (Wildman–Crippen LogP) is 3.70. The Labute approximate surface area is 124 Å². The van der Waals surface area contributed by atoms with Gasteiger partial charge in [-0.15, -0.1) is 0 Å². The van der Waals surface area contributed by atoms with Crippen LogP contribution in [-0.4, -0.2) is 12.0 Å². The SMILES string of the molecule is CNC(c1ccc(CC(C)C)cc1)c1ccc([N+](=O)[O-])o1. The molecule has 0 saturated carbocycles. The van der Waals surface area contributed by atoms with Gasteiger partial charge < -0.3 is 9.73 Å². The number of nitrogens with zero attached hydrogens (tertiary/aromatic N) is 1. The Bertz CT molecular complexity index is 602. The molecule has 112 valence electrons. The summed E-state index contributed by atoms with van der Waals surface area (Å²) in [6.45, 7) is 4.37. The largest absolute Gasteiger partial charge is 0.433 e. The van der Waals surface area contributed by atoms with E-state index in [9.17, 15) is 10.1 Å². The number of hydrogen-bond donors (Lipinski definition) is 1. The summed E-state index contributed by atoms with van der Waals surface area (Å²) in [4.78, 5) is 10.2. The van der Waals surface area contributed by atoms with Crippen molar-refractivity contribution in [1.82, 2.24) is 5.32 Å². The van der Waals surface area contributed by atoms with E-state index in [0.29, 0.717) is 11.7 Å². The molecule has 1 aromatic carbocycles. The van der Waals surface area contributed by atoms with E-state index in [1.807, 2.05) is 12.1 Å². The van der Waals surface area contributed by atoms with E-state index in [1.54, 1.807) is 13.1 Å². The van der Waals surface area contributed by atoms with Crippen molar-refractivity contribution in [2.24, 2.45) is 5.92 Å². The molecule has 0 amide bonds. The fourth-order valence-electron chi connectivity index (χ4n) is 2.39. The molecule has 0 saturated heterocycles. The molecule has 1 atom stereocenters. The Balaban J connectivity index is 2.22. The molecule has 1 heterocycles. The van der Waals surface area contributed by atoms with Crippen molar-refractivity contribution in [3.05, 3.63) is 63.4 Å². The number of hydrogen-bond acceptors (Lipinski definition) is 4. The van der Waals surface area contributed by atoms with Gasteiger partial charge >= 0.3 is 5.88 Å². The zero-order chi connectivity index (χ0) is 15.4. The fraction of sp³-hybridized carbons (Fsp3) is 0.375. The predicted molar refractivity (Wildman–Crippen MR) is 81.2 cm³/mol. The zero-order valence-corrected chi connectivity index (χ0v) is 12.5. The van der Waals surface area contributed by atoms with Gasteiger partial charge in [0.1, 0.15) is 10.7 Å². The molecular formula is C16H20N2O3. The highest BCUT2D eigenvalue weighted by molar-refractivity contribution is 5.32. The van der Waals surface area contributed by atoms with Crippen LogP contribution in [0.1, 0.15) is 36.8 Å². The van der Waals surface area contributed by atoms with Gasteiger partial charge in [-0.1, -0.05) is 38.1 Å². The Hall–Kier alpha value is -2.14. The summed E-state index contributed by atoms with van der Waals surface area (Å²) < 4.78 is 5.29. The van der Waals surface area contributed by atoms with Gasteiger partial charge in [0.2, 0.25) is 0 Å². The van der Waals surface area contributed by atoms with Crippen molar-refractivity contribution in [1.29, 1.82) is 0 Å². The summed E-state index contributed by atoms with van der Waals surface area (Å²) in [5.41, 5.74) is 2.31. The van der Waals surface area contributed by atoms with E-state index in [-0.39, 0.29) is 11.9 Å². The van der Waals surface area contributed by atoms with Crippen molar-refractivity contribution in [2.45, 2.75) is 26.3 Å².